The highest BCUT2D eigenvalue weighted by molar-refractivity contribution is 5.06. The monoisotopic (exact) mass is 152 g/mol. The van der Waals surface area contributed by atoms with Gasteiger partial charge in [0, 0.05) is 23.4 Å². The summed E-state index contributed by atoms with van der Waals surface area (Å²) < 4.78 is 0. The summed E-state index contributed by atoms with van der Waals surface area (Å²) >= 11 is 0. The fourth-order valence-corrected chi connectivity index (χ4v) is 1.39. The van der Waals surface area contributed by atoms with Crippen LogP contribution in [0.15, 0.2) is 24.6 Å². The molecule has 0 aromatic carbocycles. The minimum atomic E-state index is 0.534. The minimum Gasteiger partial charge on any atom is -0.402 e. The standard InChI is InChI=1S/C9H16N2/c1-6(2)11-9-4-8(5-9)7(3)10/h8-9,11H,1,3-5,10H2,2H3. The van der Waals surface area contributed by atoms with Gasteiger partial charge in [-0.15, -0.1) is 0 Å². The van der Waals surface area contributed by atoms with E-state index in [2.05, 4.69) is 18.5 Å². The van der Waals surface area contributed by atoms with Gasteiger partial charge < -0.3 is 11.1 Å². The van der Waals surface area contributed by atoms with Gasteiger partial charge in [-0.2, -0.15) is 0 Å². The Labute approximate surface area is 68.2 Å². The van der Waals surface area contributed by atoms with Crippen molar-refractivity contribution in [2.24, 2.45) is 11.7 Å². The van der Waals surface area contributed by atoms with Gasteiger partial charge in [0.1, 0.15) is 0 Å². The van der Waals surface area contributed by atoms with E-state index in [-0.39, 0.29) is 0 Å². The second kappa shape index (κ2) is 2.99. The molecule has 11 heavy (non-hydrogen) atoms. The molecule has 1 aliphatic rings. The number of hydrogen-bond donors (Lipinski definition) is 2. The van der Waals surface area contributed by atoms with E-state index in [4.69, 9.17) is 5.73 Å². The zero-order chi connectivity index (χ0) is 8.43. The van der Waals surface area contributed by atoms with Gasteiger partial charge in [0.25, 0.3) is 0 Å². The van der Waals surface area contributed by atoms with Crippen LogP contribution in [0.1, 0.15) is 19.8 Å². The van der Waals surface area contributed by atoms with Gasteiger partial charge in [0.2, 0.25) is 0 Å². The second-order valence-electron chi connectivity index (χ2n) is 3.36. The largest absolute Gasteiger partial charge is 0.402 e. The predicted octanol–water partition coefficient (Wildman–Crippen LogP) is 1.36. The molecule has 62 valence electrons. The molecule has 1 fully saturated rings. The van der Waals surface area contributed by atoms with Crippen LogP contribution in [-0.2, 0) is 0 Å². The molecular weight excluding hydrogens is 136 g/mol. The first kappa shape index (κ1) is 8.18. The zero-order valence-corrected chi connectivity index (χ0v) is 7.06. The first-order valence-electron chi connectivity index (χ1n) is 3.96. The fraction of sp³-hybridized carbons (Fsp3) is 0.556. The third kappa shape index (κ3) is 2.00. The van der Waals surface area contributed by atoms with Crippen LogP contribution in [0.2, 0.25) is 0 Å². The molecule has 2 heteroatoms. The van der Waals surface area contributed by atoms with E-state index >= 15 is 0 Å². The molecule has 0 amide bonds. The third-order valence-electron chi connectivity index (χ3n) is 2.11. The van der Waals surface area contributed by atoms with Gasteiger partial charge in [0.15, 0.2) is 0 Å². The Morgan fingerprint density at radius 1 is 1.45 bits per heavy atom. The lowest BCUT2D eigenvalue weighted by Crippen LogP contribution is -2.41. The maximum atomic E-state index is 5.55. The summed E-state index contributed by atoms with van der Waals surface area (Å²) in [5.41, 5.74) is 7.41. The number of nitrogens with one attached hydrogen (secondary N) is 1. The van der Waals surface area contributed by atoms with Crippen LogP contribution in [0.25, 0.3) is 0 Å². The van der Waals surface area contributed by atoms with Gasteiger partial charge in [-0.3, -0.25) is 0 Å². The fourth-order valence-electron chi connectivity index (χ4n) is 1.39. The summed E-state index contributed by atoms with van der Waals surface area (Å²) in [6, 6.07) is 0.581. The van der Waals surface area contributed by atoms with E-state index in [0.29, 0.717) is 12.0 Å². The van der Waals surface area contributed by atoms with Crippen molar-refractivity contribution in [3.8, 4) is 0 Å². The summed E-state index contributed by atoms with van der Waals surface area (Å²) in [6.45, 7) is 9.48. The third-order valence-corrected chi connectivity index (χ3v) is 2.11. The topological polar surface area (TPSA) is 38.0 Å². The second-order valence-corrected chi connectivity index (χ2v) is 3.36. The van der Waals surface area contributed by atoms with Gasteiger partial charge in [-0.1, -0.05) is 13.2 Å². The number of hydrogen-bond acceptors (Lipinski definition) is 2. The molecule has 0 radical (unpaired) electrons. The highest BCUT2D eigenvalue weighted by atomic mass is 14.9. The van der Waals surface area contributed by atoms with Gasteiger partial charge in [-0.05, 0) is 19.8 Å². The average Bonchev–Trinajstić information content (AvgIpc) is 1.75. The highest BCUT2D eigenvalue weighted by Crippen LogP contribution is 2.30. The molecule has 0 spiro atoms. The smallest absolute Gasteiger partial charge is 0.0270 e. The van der Waals surface area contributed by atoms with Crippen molar-refractivity contribution in [1.82, 2.24) is 5.32 Å². The summed E-state index contributed by atoms with van der Waals surface area (Å²) in [6.07, 6.45) is 2.23. The quantitative estimate of drug-likeness (QED) is 0.641. The van der Waals surface area contributed by atoms with Crippen molar-refractivity contribution in [2.75, 3.05) is 0 Å². The maximum Gasteiger partial charge on any atom is 0.0270 e. The Balaban J connectivity index is 2.19. The van der Waals surface area contributed by atoms with Crippen molar-refractivity contribution in [3.05, 3.63) is 24.6 Å². The van der Waals surface area contributed by atoms with Crippen LogP contribution in [0, 0.1) is 5.92 Å². The van der Waals surface area contributed by atoms with Gasteiger partial charge in [-0.25, -0.2) is 0 Å². The molecule has 2 nitrogen and oxygen atoms in total. The highest BCUT2D eigenvalue weighted by Gasteiger charge is 2.29. The first-order chi connectivity index (χ1) is 5.09. The van der Waals surface area contributed by atoms with E-state index in [1.807, 2.05) is 6.92 Å². The lowest BCUT2D eigenvalue weighted by molar-refractivity contribution is 0.271. The molecule has 0 bridgehead atoms. The molecule has 1 rings (SSSR count). The number of allylic oxidation sites excluding steroid dienone is 2. The number of nitrogens with two attached hydrogens (primary N) is 1. The SMILES string of the molecule is C=C(C)NC1CC(C(=C)N)C1. The van der Waals surface area contributed by atoms with Crippen molar-refractivity contribution < 1.29 is 0 Å². The molecular formula is C9H16N2. The Kier molecular flexibility index (Phi) is 2.22. The molecule has 3 N–H and O–H groups in total. The van der Waals surface area contributed by atoms with Gasteiger partial charge in [0.05, 0.1) is 0 Å². The summed E-state index contributed by atoms with van der Waals surface area (Å²) in [4.78, 5) is 0. The molecule has 0 unspecified atom stereocenters. The molecule has 0 saturated heterocycles. The van der Waals surface area contributed by atoms with Crippen LogP contribution in [0.4, 0.5) is 0 Å². The Hall–Kier alpha value is -0.920. The van der Waals surface area contributed by atoms with Gasteiger partial charge >= 0.3 is 0 Å². The normalized spacial score (nSPS) is 28.8. The van der Waals surface area contributed by atoms with E-state index in [1.165, 1.54) is 0 Å². The molecule has 0 aliphatic heterocycles. The Morgan fingerprint density at radius 3 is 2.36 bits per heavy atom. The minimum absolute atomic E-state index is 0.534. The van der Waals surface area contributed by atoms with Crippen molar-refractivity contribution in [2.45, 2.75) is 25.8 Å². The van der Waals surface area contributed by atoms with Crippen LogP contribution >= 0.6 is 0 Å². The Bertz CT molecular complexity index is 178. The average molecular weight is 152 g/mol. The lowest BCUT2D eigenvalue weighted by atomic mass is 9.78. The number of rotatable bonds is 3. The van der Waals surface area contributed by atoms with E-state index < -0.39 is 0 Å². The van der Waals surface area contributed by atoms with Crippen LogP contribution in [-0.4, -0.2) is 6.04 Å². The predicted molar refractivity (Wildman–Crippen MR) is 47.8 cm³/mol. The maximum absolute atomic E-state index is 5.55. The van der Waals surface area contributed by atoms with Crippen LogP contribution in [0.3, 0.4) is 0 Å². The molecule has 0 aromatic heterocycles. The van der Waals surface area contributed by atoms with Crippen LogP contribution < -0.4 is 11.1 Å². The summed E-state index contributed by atoms with van der Waals surface area (Å²) in [5, 5.41) is 3.27. The summed E-state index contributed by atoms with van der Waals surface area (Å²) in [7, 11) is 0. The summed E-state index contributed by atoms with van der Waals surface area (Å²) in [5.74, 6) is 0.534. The molecule has 1 saturated carbocycles. The van der Waals surface area contributed by atoms with E-state index in [9.17, 15) is 0 Å². The van der Waals surface area contributed by atoms with Crippen molar-refractivity contribution in [1.29, 1.82) is 0 Å². The van der Waals surface area contributed by atoms with Crippen LogP contribution in [0.5, 0.6) is 0 Å². The van der Waals surface area contributed by atoms with Crippen molar-refractivity contribution >= 4 is 0 Å². The van der Waals surface area contributed by atoms with Crippen molar-refractivity contribution in [3.63, 3.8) is 0 Å². The molecule has 1 aliphatic carbocycles. The Morgan fingerprint density at radius 2 is 2.00 bits per heavy atom. The van der Waals surface area contributed by atoms with E-state index in [0.717, 1.165) is 24.2 Å². The molecule has 0 heterocycles. The first-order valence-corrected chi connectivity index (χ1v) is 3.96. The zero-order valence-electron chi connectivity index (χ0n) is 7.06. The van der Waals surface area contributed by atoms with E-state index in [1.54, 1.807) is 0 Å². The molecule has 0 aromatic rings. The lowest BCUT2D eigenvalue weighted by Gasteiger charge is -2.36. The molecule has 0 atom stereocenters.